The zero-order chi connectivity index (χ0) is 18.1. The number of thioether (sulfide) groups is 1. The van der Waals surface area contributed by atoms with E-state index in [4.69, 9.17) is 0 Å². The monoisotopic (exact) mass is 379 g/mol. The Balaban J connectivity index is 1.64. The van der Waals surface area contributed by atoms with Crippen LogP contribution in [0.25, 0.3) is 0 Å². The minimum atomic E-state index is -0.572. The number of nitrogens with one attached hydrogen (secondary N) is 2. The van der Waals surface area contributed by atoms with Gasteiger partial charge in [-0.1, -0.05) is 12.1 Å². The second kappa shape index (κ2) is 9.80. The summed E-state index contributed by atoms with van der Waals surface area (Å²) in [6, 6.07) is 9.44. The van der Waals surface area contributed by atoms with Gasteiger partial charge in [-0.25, -0.2) is 0 Å². The van der Waals surface area contributed by atoms with E-state index in [0.717, 1.165) is 11.5 Å². The van der Waals surface area contributed by atoms with Crippen LogP contribution in [0, 0.1) is 10.1 Å². The molecule has 9 heteroatoms. The third-order valence-corrected chi connectivity index (χ3v) is 5.19. The lowest BCUT2D eigenvalue weighted by atomic mass is 10.2. The van der Waals surface area contributed by atoms with Crippen molar-refractivity contribution in [1.29, 1.82) is 0 Å². The maximum Gasteiger partial charge on any atom is 0.270 e. The predicted octanol–water partition coefficient (Wildman–Crippen LogP) is 2.44. The van der Waals surface area contributed by atoms with Gasteiger partial charge in [0, 0.05) is 40.6 Å². The molecule has 0 fully saturated rings. The van der Waals surface area contributed by atoms with Gasteiger partial charge in [0.25, 0.3) is 11.6 Å². The van der Waals surface area contributed by atoms with Crippen LogP contribution in [-0.4, -0.2) is 35.6 Å². The van der Waals surface area contributed by atoms with Crippen LogP contribution in [0.15, 0.2) is 41.8 Å². The number of hydrogen-bond donors (Lipinski definition) is 2. The highest BCUT2D eigenvalue weighted by Crippen LogP contribution is 2.16. The third-order valence-electron chi connectivity index (χ3n) is 3.12. The van der Waals surface area contributed by atoms with Crippen molar-refractivity contribution in [3.05, 3.63) is 62.3 Å². The molecule has 1 aromatic heterocycles. The highest BCUT2D eigenvalue weighted by molar-refractivity contribution is 7.98. The van der Waals surface area contributed by atoms with Crippen LogP contribution in [-0.2, 0) is 10.5 Å². The van der Waals surface area contributed by atoms with Gasteiger partial charge in [0.15, 0.2) is 0 Å². The van der Waals surface area contributed by atoms with Crippen LogP contribution in [0.5, 0.6) is 0 Å². The maximum atomic E-state index is 11.9. The highest BCUT2D eigenvalue weighted by atomic mass is 32.2. The first kappa shape index (κ1) is 18.9. The lowest BCUT2D eigenvalue weighted by molar-refractivity contribution is -0.384. The number of thiophene rings is 1. The molecule has 7 nitrogen and oxygen atoms in total. The molecule has 2 rings (SSSR count). The molecule has 0 aliphatic carbocycles. The van der Waals surface area contributed by atoms with E-state index in [0.29, 0.717) is 6.54 Å². The number of nitro groups is 1. The molecule has 2 amide bonds. The first-order chi connectivity index (χ1) is 12.1. The highest BCUT2D eigenvalue weighted by Gasteiger charge is 2.12. The van der Waals surface area contributed by atoms with Gasteiger partial charge in [-0.05, 0) is 17.5 Å². The molecule has 0 bridgehead atoms. The van der Waals surface area contributed by atoms with Crippen LogP contribution in [0.4, 0.5) is 5.69 Å². The summed E-state index contributed by atoms with van der Waals surface area (Å²) < 4.78 is 0. The van der Waals surface area contributed by atoms with Crippen LogP contribution < -0.4 is 10.6 Å². The molecule has 1 aromatic carbocycles. The van der Waals surface area contributed by atoms with Gasteiger partial charge in [-0.3, -0.25) is 19.7 Å². The van der Waals surface area contributed by atoms with Crippen molar-refractivity contribution in [3.63, 3.8) is 0 Å². The molecule has 0 aliphatic rings. The average Bonchev–Trinajstić information content (AvgIpc) is 3.13. The molecule has 0 saturated heterocycles. The van der Waals surface area contributed by atoms with Crippen LogP contribution in [0.3, 0.4) is 0 Å². The van der Waals surface area contributed by atoms with E-state index in [1.165, 1.54) is 29.1 Å². The summed E-state index contributed by atoms with van der Waals surface area (Å²) in [4.78, 5) is 35.0. The number of nitrogens with zero attached hydrogens (tertiary/aromatic N) is 1. The molecular weight excluding hydrogens is 362 g/mol. The zero-order valence-corrected chi connectivity index (χ0v) is 14.9. The number of rotatable bonds is 9. The lowest BCUT2D eigenvalue weighted by Crippen LogP contribution is -2.37. The summed E-state index contributed by atoms with van der Waals surface area (Å²) in [6.45, 7) is 0.346. The summed E-state index contributed by atoms with van der Waals surface area (Å²) in [6.07, 6.45) is 0. The van der Waals surface area contributed by atoms with Gasteiger partial charge in [0.1, 0.15) is 0 Å². The van der Waals surface area contributed by atoms with E-state index in [1.807, 2.05) is 11.4 Å². The van der Waals surface area contributed by atoms with Gasteiger partial charge in [0.2, 0.25) is 5.91 Å². The minimum Gasteiger partial charge on any atom is -0.354 e. The van der Waals surface area contributed by atoms with E-state index in [-0.39, 0.29) is 23.7 Å². The molecule has 0 saturated carbocycles. The minimum absolute atomic E-state index is 0.147. The smallest absolute Gasteiger partial charge is 0.270 e. The number of benzene rings is 1. The summed E-state index contributed by atoms with van der Waals surface area (Å²) in [7, 11) is 0. The number of nitro benzene ring substituents is 1. The summed E-state index contributed by atoms with van der Waals surface area (Å²) in [5.41, 5.74) is -0.0200. The molecule has 2 N–H and O–H groups in total. The molecule has 132 valence electrons. The molecule has 25 heavy (non-hydrogen) atoms. The fourth-order valence-corrected chi connectivity index (χ4v) is 3.62. The number of carbonyl (C=O) groups is 2. The molecule has 0 atom stereocenters. The van der Waals surface area contributed by atoms with Crippen molar-refractivity contribution in [3.8, 4) is 0 Å². The molecule has 0 spiro atoms. The lowest BCUT2D eigenvalue weighted by Gasteiger charge is -2.07. The Kier molecular flexibility index (Phi) is 7.42. The molecule has 0 radical (unpaired) electrons. The van der Waals surface area contributed by atoms with Crippen molar-refractivity contribution in [2.24, 2.45) is 0 Å². The Morgan fingerprint density at radius 3 is 2.76 bits per heavy atom. The van der Waals surface area contributed by atoms with Crippen molar-refractivity contribution in [2.75, 3.05) is 18.8 Å². The van der Waals surface area contributed by atoms with Crippen molar-refractivity contribution in [2.45, 2.75) is 5.75 Å². The van der Waals surface area contributed by atoms with Crippen molar-refractivity contribution < 1.29 is 14.5 Å². The van der Waals surface area contributed by atoms with Gasteiger partial charge in [-0.2, -0.15) is 11.8 Å². The van der Waals surface area contributed by atoms with Crippen LogP contribution in [0.2, 0.25) is 0 Å². The molecule has 1 heterocycles. The van der Waals surface area contributed by atoms with Crippen LogP contribution in [0.1, 0.15) is 15.2 Å². The van der Waals surface area contributed by atoms with E-state index < -0.39 is 10.8 Å². The van der Waals surface area contributed by atoms with E-state index >= 15 is 0 Å². The molecule has 2 aromatic rings. The second-order valence-electron chi connectivity index (χ2n) is 4.97. The normalized spacial score (nSPS) is 10.2. The number of amides is 2. The maximum absolute atomic E-state index is 11.9. The third kappa shape index (κ3) is 6.55. The Labute approximate surface area is 153 Å². The van der Waals surface area contributed by atoms with E-state index in [2.05, 4.69) is 16.7 Å². The first-order valence-electron chi connectivity index (χ1n) is 7.46. The Morgan fingerprint density at radius 2 is 2.04 bits per heavy atom. The second-order valence-corrected chi connectivity index (χ2v) is 7.11. The fraction of sp³-hybridized carbons (Fsp3) is 0.250. The first-order valence-corrected chi connectivity index (χ1v) is 9.49. The van der Waals surface area contributed by atoms with Crippen molar-refractivity contribution >= 4 is 40.6 Å². The number of hydrogen-bond acceptors (Lipinski definition) is 6. The Morgan fingerprint density at radius 1 is 1.20 bits per heavy atom. The summed E-state index contributed by atoms with van der Waals surface area (Å²) in [5.74, 6) is 0.876. The quantitative estimate of drug-likeness (QED) is 0.396. The van der Waals surface area contributed by atoms with Gasteiger partial charge in [0.05, 0.1) is 11.5 Å². The average molecular weight is 379 g/mol. The summed E-state index contributed by atoms with van der Waals surface area (Å²) in [5, 5.41) is 17.9. The Bertz CT molecular complexity index is 735. The van der Waals surface area contributed by atoms with Gasteiger partial charge >= 0.3 is 0 Å². The Hall–Kier alpha value is -2.39. The van der Waals surface area contributed by atoms with Crippen LogP contribution >= 0.6 is 23.1 Å². The molecule has 0 aliphatic heterocycles. The van der Waals surface area contributed by atoms with E-state index in [1.54, 1.807) is 23.1 Å². The molecular formula is C16H17N3O4S2. The largest absolute Gasteiger partial charge is 0.354 e. The van der Waals surface area contributed by atoms with Crippen molar-refractivity contribution in [1.82, 2.24) is 10.6 Å². The topological polar surface area (TPSA) is 101 Å². The van der Waals surface area contributed by atoms with Gasteiger partial charge < -0.3 is 10.6 Å². The summed E-state index contributed by atoms with van der Waals surface area (Å²) >= 11 is 3.42. The van der Waals surface area contributed by atoms with E-state index in [9.17, 15) is 19.7 Å². The zero-order valence-electron chi connectivity index (χ0n) is 13.3. The molecule has 0 unspecified atom stereocenters. The van der Waals surface area contributed by atoms with Gasteiger partial charge in [-0.15, -0.1) is 11.3 Å². The number of carbonyl (C=O) groups excluding carboxylic acids is 2. The fourth-order valence-electron chi connectivity index (χ4n) is 1.92. The predicted molar refractivity (Wildman–Crippen MR) is 98.9 cm³/mol. The number of non-ortho nitro benzene ring substituents is 1. The standard InChI is InChI=1S/C16H17N3O4S2/c20-15(17-6-8-24-11-14-5-2-7-25-14)10-18-16(21)12-3-1-4-13(9-12)19(22)23/h1-5,7,9H,6,8,10-11H2,(H,17,20)(H,18,21). The SMILES string of the molecule is O=C(CNC(=O)c1cccc([N+](=O)[O-])c1)NCCSCc1cccs1.